The van der Waals surface area contributed by atoms with E-state index in [0.29, 0.717) is 5.69 Å². The molecule has 0 radical (unpaired) electrons. The molecule has 0 bridgehead atoms. The van der Waals surface area contributed by atoms with E-state index in [1.807, 2.05) is 0 Å². The number of ether oxygens (including phenoxy) is 1. The average molecular weight is 245 g/mol. The highest BCUT2D eigenvalue weighted by atomic mass is 32.1. The number of esters is 1. The number of hydrazine groups is 1. The van der Waals surface area contributed by atoms with Crippen LogP contribution in [0.15, 0.2) is 4.52 Å². The number of carbonyl (C=O) groups is 1. The topological polar surface area (TPSA) is 104 Å². The first-order valence-electron chi connectivity index (χ1n) is 4.56. The third-order valence-electron chi connectivity index (χ3n) is 1.75. The molecule has 0 aliphatic heterocycles. The van der Waals surface area contributed by atoms with Crippen LogP contribution in [0.3, 0.4) is 0 Å². The highest BCUT2D eigenvalue weighted by molar-refractivity contribution is 7.80. The predicted octanol–water partition coefficient (Wildman–Crippen LogP) is -0.261. The fourth-order valence-corrected chi connectivity index (χ4v) is 1.17. The Hall–Kier alpha value is -1.67. The number of hydrogen-bond acceptors (Lipinski definition) is 5. The Labute approximate surface area is 97.3 Å². The Kier molecular flexibility index (Phi) is 4.20. The largest absolute Gasteiger partial charge is 0.462 e. The van der Waals surface area contributed by atoms with Gasteiger partial charge in [0.2, 0.25) is 5.69 Å². The number of H-pyrrole nitrogens is 1. The molecule has 1 rings (SSSR count). The maximum atomic E-state index is 11.6. The maximum absolute atomic E-state index is 11.6. The van der Waals surface area contributed by atoms with Gasteiger partial charge in [-0.05, 0) is 24.3 Å². The summed E-state index contributed by atoms with van der Waals surface area (Å²) in [5.74, 6) is 4.76. The van der Waals surface area contributed by atoms with Gasteiger partial charge in [-0.15, -0.1) is 0 Å². The summed E-state index contributed by atoms with van der Waals surface area (Å²) >= 11 is 4.78. The second-order valence-corrected chi connectivity index (χ2v) is 3.26. The minimum absolute atomic E-state index is 0.133. The Morgan fingerprint density at radius 1 is 1.69 bits per heavy atom. The number of hydrogen-bond donors (Lipinski definition) is 3. The molecule has 7 nitrogen and oxygen atoms in total. The number of rotatable bonds is 3. The highest BCUT2D eigenvalue weighted by Gasteiger charge is 2.27. The standard InChI is InChI=1S/C8H12N4O3S/c1-3-14-7(13)5-4(2)12-15-6(5)10-8(16)11-9/h3,9H2,1-2H3,(H2,10,11,16)/p+1. The lowest BCUT2D eigenvalue weighted by Crippen LogP contribution is -2.34. The Balaban J connectivity index is 2.93. The molecular weight excluding hydrogens is 232 g/mol. The predicted molar refractivity (Wildman–Crippen MR) is 59.5 cm³/mol. The fraction of sp³-hybridized carbons (Fsp3) is 0.375. The second kappa shape index (κ2) is 5.42. The smallest absolute Gasteiger partial charge is 0.350 e. The summed E-state index contributed by atoms with van der Waals surface area (Å²) in [6.45, 7) is 3.68. The molecule has 0 spiro atoms. The van der Waals surface area contributed by atoms with Crippen molar-refractivity contribution < 1.29 is 19.2 Å². The summed E-state index contributed by atoms with van der Waals surface area (Å²) in [6.07, 6.45) is 0. The molecule has 0 aromatic carbocycles. The number of thiocarbonyl (C=S) groups is 1. The summed E-state index contributed by atoms with van der Waals surface area (Å²) < 4.78 is 9.88. The number of aromatic nitrogens is 1. The van der Waals surface area contributed by atoms with Crippen LogP contribution in [0, 0.1) is 6.92 Å². The van der Waals surface area contributed by atoms with Crippen LogP contribution in [-0.2, 0) is 4.74 Å². The van der Waals surface area contributed by atoms with Crippen molar-refractivity contribution in [3.63, 3.8) is 0 Å². The molecule has 0 atom stereocenters. The minimum Gasteiger partial charge on any atom is -0.462 e. The van der Waals surface area contributed by atoms with E-state index in [9.17, 15) is 4.79 Å². The molecule has 8 heteroatoms. The fourth-order valence-electron chi connectivity index (χ4n) is 1.08. The van der Waals surface area contributed by atoms with Crippen molar-refractivity contribution >= 4 is 29.2 Å². The van der Waals surface area contributed by atoms with Gasteiger partial charge >= 0.3 is 5.97 Å². The molecule has 0 saturated heterocycles. The summed E-state index contributed by atoms with van der Waals surface area (Å²) in [5.41, 5.74) is 3.02. The van der Waals surface area contributed by atoms with E-state index in [4.69, 9.17) is 27.3 Å². The monoisotopic (exact) mass is 245 g/mol. The summed E-state index contributed by atoms with van der Waals surface area (Å²) in [7, 11) is 0. The van der Waals surface area contributed by atoms with Crippen LogP contribution in [-0.4, -0.2) is 17.7 Å². The molecular formula is C8H13N4O3S+. The zero-order chi connectivity index (χ0) is 12.1. The van der Waals surface area contributed by atoms with Crippen LogP contribution in [0.4, 0.5) is 5.88 Å². The summed E-state index contributed by atoms with van der Waals surface area (Å²) in [5, 5.41) is 5.29. The van der Waals surface area contributed by atoms with Gasteiger partial charge in [-0.25, -0.2) is 15.2 Å². The first-order valence-corrected chi connectivity index (χ1v) is 4.96. The molecule has 0 aliphatic rings. The van der Waals surface area contributed by atoms with Crippen LogP contribution in [0.1, 0.15) is 23.0 Å². The number of anilines is 1. The molecule has 16 heavy (non-hydrogen) atoms. The van der Waals surface area contributed by atoms with E-state index in [1.54, 1.807) is 13.8 Å². The van der Waals surface area contributed by atoms with Gasteiger partial charge in [0.25, 0.3) is 5.88 Å². The molecule has 0 unspecified atom stereocenters. The highest BCUT2D eigenvalue weighted by Crippen LogP contribution is 2.17. The molecule has 0 saturated carbocycles. The Morgan fingerprint density at radius 3 is 2.94 bits per heavy atom. The van der Waals surface area contributed by atoms with Gasteiger partial charge in [0, 0.05) is 6.92 Å². The molecule has 5 N–H and O–H groups in total. The zero-order valence-electron chi connectivity index (χ0n) is 8.92. The van der Waals surface area contributed by atoms with Crippen LogP contribution < -0.4 is 21.7 Å². The van der Waals surface area contributed by atoms with Crippen molar-refractivity contribution in [1.82, 2.24) is 5.43 Å². The molecule has 88 valence electrons. The molecule has 1 aromatic heterocycles. The molecule has 0 aliphatic carbocycles. The first-order chi connectivity index (χ1) is 7.60. The molecule has 1 heterocycles. The van der Waals surface area contributed by atoms with E-state index in [0.717, 1.165) is 0 Å². The van der Waals surface area contributed by atoms with E-state index in [1.165, 1.54) is 0 Å². The number of aromatic amines is 1. The summed E-state index contributed by atoms with van der Waals surface area (Å²) in [6, 6.07) is 0. The Bertz CT molecular complexity index is 404. The van der Waals surface area contributed by atoms with Crippen molar-refractivity contribution in [3.05, 3.63) is 11.3 Å². The van der Waals surface area contributed by atoms with E-state index < -0.39 is 5.97 Å². The zero-order valence-corrected chi connectivity index (χ0v) is 9.73. The lowest BCUT2D eigenvalue weighted by Gasteiger charge is -2.03. The van der Waals surface area contributed by atoms with Crippen molar-refractivity contribution in [2.24, 2.45) is 5.84 Å². The van der Waals surface area contributed by atoms with Gasteiger partial charge in [-0.2, -0.15) is 0 Å². The first kappa shape index (κ1) is 12.4. The van der Waals surface area contributed by atoms with Crippen molar-refractivity contribution in [1.29, 1.82) is 0 Å². The van der Waals surface area contributed by atoms with Crippen LogP contribution in [0.25, 0.3) is 0 Å². The third kappa shape index (κ3) is 2.67. The van der Waals surface area contributed by atoms with Gasteiger partial charge in [0.15, 0.2) is 10.7 Å². The number of nitrogens with one attached hydrogen (secondary N) is 3. The Morgan fingerprint density at radius 2 is 2.38 bits per heavy atom. The van der Waals surface area contributed by atoms with Gasteiger partial charge in [0.05, 0.1) is 6.61 Å². The second-order valence-electron chi connectivity index (χ2n) is 2.85. The number of aryl methyl sites for hydroxylation is 1. The minimum atomic E-state index is -0.493. The lowest BCUT2D eigenvalue weighted by atomic mass is 10.2. The van der Waals surface area contributed by atoms with Crippen molar-refractivity contribution in [2.75, 3.05) is 11.9 Å². The average Bonchev–Trinajstić information content (AvgIpc) is 2.60. The van der Waals surface area contributed by atoms with Crippen molar-refractivity contribution in [3.8, 4) is 0 Å². The maximum Gasteiger partial charge on any atom is 0.350 e. The molecule has 0 fully saturated rings. The number of nitrogens with two attached hydrogens (primary N) is 1. The molecule has 0 amide bonds. The van der Waals surface area contributed by atoms with E-state index in [-0.39, 0.29) is 23.2 Å². The number of carbonyl (C=O) groups excluding carboxylic acids is 1. The van der Waals surface area contributed by atoms with Gasteiger partial charge in [0.1, 0.15) is 0 Å². The lowest BCUT2D eigenvalue weighted by molar-refractivity contribution is -0.611. The van der Waals surface area contributed by atoms with Crippen molar-refractivity contribution in [2.45, 2.75) is 13.8 Å². The SMILES string of the molecule is CCOC(=O)c1c(C)[nH+]oc1NC(=S)NN. The van der Waals surface area contributed by atoms with Gasteiger partial charge in [-0.3, -0.25) is 5.32 Å². The van der Waals surface area contributed by atoms with E-state index >= 15 is 0 Å². The van der Waals surface area contributed by atoms with Gasteiger partial charge in [-0.1, -0.05) is 0 Å². The van der Waals surface area contributed by atoms with Crippen LogP contribution >= 0.6 is 12.2 Å². The third-order valence-corrected chi connectivity index (χ3v) is 1.97. The van der Waals surface area contributed by atoms with Gasteiger partial charge < -0.3 is 10.2 Å². The summed E-state index contributed by atoms with van der Waals surface area (Å²) in [4.78, 5) is 11.6. The molecule has 1 aromatic rings. The van der Waals surface area contributed by atoms with Crippen LogP contribution in [0.5, 0.6) is 0 Å². The van der Waals surface area contributed by atoms with E-state index in [2.05, 4.69) is 15.9 Å². The quantitative estimate of drug-likeness (QED) is 0.292. The van der Waals surface area contributed by atoms with Crippen LogP contribution in [0.2, 0.25) is 0 Å². The normalized spacial score (nSPS) is 9.69.